The highest BCUT2D eigenvalue weighted by Crippen LogP contribution is 1.89. The van der Waals surface area contributed by atoms with E-state index in [1.807, 2.05) is 5.01 Å². The van der Waals surface area contributed by atoms with Gasteiger partial charge < -0.3 is 17.7 Å². The number of nitrogens with one attached hydrogen (secondary N) is 3. The number of nitrogens with zero attached hydrogens (tertiary/aromatic N) is 1. The fraction of sp³-hybridized carbons (Fsp3) is 0.556. The summed E-state index contributed by atoms with van der Waals surface area (Å²) in [5, 5.41) is 11.0. The number of aliphatic carboxylic acids is 1. The lowest BCUT2D eigenvalue weighted by atomic mass is 10.3. The van der Waals surface area contributed by atoms with Crippen LogP contribution in [0.1, 0.15) is 12.8 Å². The molecule has 2 atom stereocenters. The first kappa shape index (κ1) is 14.0. The molecule has 0 bridgehead atoms. The van der Waals surface area contributed by atoms with E-state index >= 15 is 0 Å². The van der Waals surface area contributed by atoms with Gasteiger partial charge in [-0.3, -0.25) is 9.59 Å². The van der Waals surface area contributed by atoms with Crippen molar-refractivity contribution in [3.05, 3.63) is 12.7 Å². The van der Waals surface area contributed by atoms with Crippen molar-refractivity contribution in [2.45, 2.75) is 18.3 Å². The summed E-state index contributed by atoms with van der Waals surface area (Å²) in [6.07, 6.45) is 1.51. The molecule has 4 N–H and O–H groups in total. The molecular formula is C9H16N4O3S. The molecule has 0 aromatic heterocycles. The number of hydrogen-bond donors (Lipinski definition) is 4. The Morgan fingerprint density at radius 1 is 1.65 bits per heavy atom. The van der Waals surface area contributed by atoms with Crippen molar-refractivity contribution in [2.75, 3.05) is 13.2 Å². The molecule has 0 aliphatic carbocycles. The second-order valence-corrected chi connectivity index (χ2v) is 4.12. The molecule has 1 rings (SSSR count). The summed E-state index contributed by atoms with van der Waals surface area (Å²) in [6, 6.07) is 0. The van der Waals surface area contributed by atoms with Gasteiger partial charge in [0, 0.05) is 13.0 Å². The van der Waals surface area contributed by atoms with Crippen LogP contribution in [0.25, 0.3) is 0 Å². The summed E-state index contributed by atoms with van der Waals surface area (Å²) in [7, 11) is 0. The van der Waals surface area contributed by atoms with Gasteiger partial charge in [0.05, 0.1) is 11.9 Å². The van der Waals surface area contributed by atoms with Gasteiger partial charge in [0.25, 0.3) is 5.91 Å². The zero-order chi connectivity index (χ0) is 12.8. The number of quaternary nitrogens is 1. The van der Waals surface area contributed by atoms with E-state index in [2.05, 4.69) is 17.4 Å². The number of carboxylic acids is 1. The number of carbonyl (C=O) groups is 2. The van der Waals surface area contributed by atoms with Crippen molar-refractivity contribution >= 4 is 24.5 Å². The van der Waals surface area contributed by atoms with E-state index < -0.39 is 5.97 Å². The van der Waals surface area contributed by atoms with Crippen LogP contribution in [0.15, 0.2) is 12.7 Å². The van der Waals surface area contributed by atoms with Crippen molar-refractivity contribution in [1.29, 1.82) is 0 Å². The van der Waals surface area contributed by atoms with Gasteiger partial charge in [-0.2, -0.15) is 5.01 Å². The minimum Gasteiger partial charge on any atom is -0.707 e. The van der Waals surface area contributed by atoms with Gasteiger partial charge in [-0.1, -0.05) is 6.08 Å². The molecule has 17 heavy (non-hydrogen) atoms. The van der Waals surface area contributed by atoms with Gasteiger partial charge in [-0.25, -0.2) is 15.9 Å². The molecule has 0 spiro atoms. The quantitative estimate of drug-likeness (QED) is 0.314. The van der Waals surface area contributed by atoms with Crippen LogP contribution in [0.4, 0.5) is 0 Å². The number of carboxylic acid groups (broad SMARTS) is 1. The number of amides is 1. The normalized spacial score (nSPS) is 24.5. The lowest BCUT2D eigenvalue weighted by molar-refractivity contribution is -0.939. The molecule has 0 saturated carbocycles. The molecule has 1 amide bonds. The van der Waals surface area contributed by atoms with E-state index in [-0.39, 0.29) is 24.2 Å². The lowest BCUT2D eigenvalue weighted by Crippen LogP contribution is -3.21. The average Bonchev–Trinajstić information content (AvgIpc) is 2.57. The predicted octanol–water partition coefficient (Wildman–Crippen LogP) is -2.44. The van der Waals surface area contributed by atoms with Gasteiger partial charge in [0.15, 0.2) is 6.67 Å². The molecule has 1 saturated heterocycles. The molecule has 1 heterocycles. The second kappa shape index (κ2) is 6.60. The molecule has 2 unspecified atom stereocenters. The van der Waals surface area contributed by atoms with Crippen LogP contribution in [0.2, 0.25) is 0 Å². The Hall–Kier alpha value is -1.09. The third-order valence-electron chi connectivity index (χ3n) is 2.19. The monoisotopic (exact) mass is 260 g/mol. The fourth-order valence-electron chi connectivity index (χ4n) is 1.42. The standard InChI is InChI=1S/C9H16N4O3S/c1-2-5-12-6-13(9(17)11-12)10-7(14)3-4-8(15)16/h2,9,11,17H,1,3-6H2,(H,10,14)(H,15,16). The molecule has 1 fully saturated rings. The summed E-state index contributed by atoms with van der Waals surface area (Å²) >= 11 is 5.11. The Labute approximate surface area is 105 Å². The first-order valence-electron chi connectivity index (χ1n) is 5.18. The van der Waals surface area contributed by atoms with Crippen molar-refractivity contribution in [1.82, 2.24) is 15.9 Å². The van der Waals surface area contributed by atoms with Crippen LogP contribution in [-0.2, 0) is 22.2 Å². The largest absolute Gasteiger partial charge is 0.707 e. The summed E-state index contributed by atoms with van der Waals surface area (Å²) in [5.74, 6) is -1.31. The summed E-state index contributed by atoms with van der Waals surface area (Å²) in [5.41, 5.74) is 5.27. The highest BCUT2D eigenvalue weighted by Gasteiger charge is 2.26. The van der Waals surface area contributed by atoms with Gasteiger partial charge in [-0.05, 0) is 0 Å². The molecule has 8 heteroatoms. The number of hydrogen-bond acceptors (Lipinski definition) is 5. The maximum Gasteiger partial charge on any atom is 0.303 e. The highest BCUT2D eigenvalue weighted by atomic mass is 32.1. The van der Waals surface area contributed by atoms with Crippen LogP contribution < -0.4 is 15.9 Å². The number of carbonyl (C=O) groups excluding carboxylic acids is 1. The van der Waals surface area contributed by atoms with Crippen LogP contribution in [0.5, 0.6) is 0 Å². The van der Waals surface area contributed by atoms with Crippen molar-refractivity contribution in [3.63, 3.8) is 0 Å². The van der Waals surface area contributed by atoms with E-state index in [1.54, 1.807) is 6.08 Å². The molecule has 96 valence electrons. The van der Waals surface area contributed by atoms with E-state index in [9.17, 15) is 9.59 Å². The number of rotatable bonds is 6. The summed E-state index contributed by atoms with van der Waals surface area (Å²) < 4.78 is 0. The van der Waals surface area contributed by atoms with Crippen molar-refractivity contribution in [2.24, 2.45) is 0 Å². The van der Waals surface area contributed by atoms with E-state index in [1.165, 1.54) is 0 Å². The summed E-state index contributed by atoms with van der Waals surface area (Å²) in [4.78, 5) is 21.7. The average molecular weight is 260 g/mol. The molecule has 0 aromatic rings. The third-order valence-corrected chi connectivity index (χ3v) is 2.58. The Balaban J connectivity index is 2.33. The first-order valence-corrected chi connectivity index (χ1v) is 5.65. The maximum absolute atomic E-state index is 11.4. The maximum atomic E-state index is 11.4. The molecule has 7 nitrogen and oxygen atoms in total. The predicted molar refractivity (Wildman–Crippen MR) is 62.0 cm³/mol. The molecular weight excluding hydrogens is 244 g/mol. The minimum atomic E-state index is -0.988. The van der Waals surface area contributed by atoms with Crippen molar-refractivity contribution in [3.8, 4) is 0 Å². The van der Waals surface area contributed by atoms with Crippen LogP contribution in [-0.4, -0.2) is 40.7 Å². The molecule has 0 aromatic carbocycles. The van der Waals surface area contributed by atoms with Gasteiger partial charge in [0.1, 0.15) is 0 Å². The molecule has 1 aliphatic heterocycles. The summed E-state index contributed by atoms with van der Waals surface area (Å²) in [6.45, 7) is 4.75. The third kappa shape index (κ3) is 4.73. The Morgan fingerprint density at radius 3 is 2.94 bits per heavy atom. The highest BCUT2D eigenvalue weighted by molar-refractivity contribution is 7.59. The zero-order valence-corrected chi connectivity index (χ0v) is 10.1. The van der Waals surface area contributed by atoms with Gasteiger partial charge >= 0.3 is 5.97 Å². The molecule has 1 aliphatic rings. The topological polar surface area (TPSA) is 86.1 Å². The van der Waals surface area contributed by atoms with Gasteiger partial charge in [0.2, 0.25) is 0 Å². The van der Waals surface area contributed by atoms with Crippen LogP contribution in [0.3, 0.4) is 0 Å². The zero-order valence-electron chi connectivity index (χ0n) is 9.31. The van der Waals surface area contributed by atoms with E-state index in [0.717, 1.165) is 0 Å². The Bertz CT molecular complexity index is 313. The smallest absolute Gasteiger partial charge is 0.303 e. The lowest BCUT2D eigenvalue weighted by Gasteiger charge is -2.23. The Morgan fingerprint density at radius 2 is 2.35 bits per heavy atom. The SMILES string of the molecule is C=CCN1C[NH+](NC(=O)CCC(=O)O)C([S-])N1. The van der Waals surface area contributed by atoms with Crippen molar-refractivity contribution < 1.29 is 19.7 Å². The van der Waals surface area contributed by atoms with Crippen LogP contribution in [0, 0.1) is 0 Å². The first-order chi connectivity index (χ1) is 8.02. The Kier molecular flexibility index (Phi) is 5.42. The van der Waals surface area contributed by atoms with Gasteiger partial charge in [-0.15, -0.1) is 6.58 Å². The van der Waals surface area contributed by atoms with E-state index in [0.29, 0.717) is 18.2 Å². The van der Waals surface area contributed by atoms with Crippen LogP contribution >= 0.6 is 0 Å². The minimum absolute atomic E-state index is 0.0393. The van der Waals surface area contributed by atoms with E-state index in [4.69, 9.17) is 17.7 Å². The number of hydrazine groups is 1. The fourth-order valence-corrected chi connectivity index (χ4v) is 1.70. The molecule has 0 radical (unpaired) electrons. The second-order valence-electron chi connectivity index (χ2n) is 3.65.